The Morgan fingerprint density at radius 1 is 1.09 bits per heavy atom. The number of nitrogens with one attached hydrogen (secondary N) is 2. The highest BCUT2D eigenvalue weighted by molar-refractivity contribution is 6.02. The van der Waals surface area contributed by atoms with Crippen LogP contribution in [0.5, 0.6) is 0 Å². The predicted molar refractivity (Wildman–Crippen MR) is 128 cm³/mol. The summed E-state index contributed by atoms with van der Waals surface area (Å²) in [5.74, 6) is -0.207. The molecule has 2 N–H and O–H groups in total. The van der Waals surface area contributed by atoms with E-state index in [1.807, 2.05) is 49.4 Å². The number of hydrogen-bond acceptors (Lipinski definition) is 3. The van der Waals surface area contributed by atoms with Crippen molar-refractivity contribution in [3.05, 3.63) is 70.9 Å². The van der Waals surface area contributed by atoms with Crippen LogP contribution >= 0.6 is 0 Å². The van der Waals surface area contributed by atoms with Gasteiger partial charge in [0, 0.05) is 34.3 Å². The number of carbonyl (C=O) groups is 2. The number of fused-ring (bicyclic) bond motifs is 2. The standard InChI is InChI=1S/C26H32N4O2/c1-4-29(5-2)16-10-15-27-23(31)17-30-25(19-11-6-7-12-20(19)26(30)32)24-18(3)28-22-14-9-8-13-21(22)24/h6-9,11-14,25,28H,4-5,10,15-17H2,1-3H3,(H,27,31)/t25-/m1/s1. The first kappa shape index (κ1) is 22.1. The lowest BCUT2D eigenvalue weighted by atomic mass is 9.95. The smallest absolute Gasteiger partial charge is 0.255 e. The first-order chi connectivity index (χ1) is 15.5. The molecule has 2 amide bonds. The van der Waals surface area contributed by atoms with E-state index in [0.717, 1.165) is 53.8 Å². The van der Waals surface area contributed by atoms with E-state index < -0.39 is 0 Å². The minimum atomic E-state index is -0.281. The molecular weight excluding hydrogens is 400 g/mol. The van der Waals surface area contributed by atoms with Gasteiger partial charge in [-0.05, 0) is 50.7 Å². The number of hydrogen-bond donors (Lipinski definition) is 2. The van der Waals surface area contributed by atoms with Crippen LogP contribution in [-0.2, 0) is 4.79 Å². The molecule has 32 heavy (non-hydrogen) atoms. The van der Waals surface area contributed by atoms with Gasteiger partial charge < -0.3 is 20.1 Å². The molecule has 1 aromatic heterocycles. The van der Waals surface area contributed by atoms with Crippen molar-refractivity contribution >= 4 is 22.7 Å². The lowest BCUT2D eigenvalue weighted by molar-refractivity contribution is -0.122. The van der Waals surface area contributed by atoms with Gasteiger partial charge >= 0.3 is 0 Å². The van der Waals surface area contributed by atoms with Crippen LogP contribution in [0.2, 0.25) is 0 Å². The van der Waals surface area contributed by atoms with Crippen LogP contribution in [0.15, 0.2) is 48.5 Å². The second kappa shape index (κ2) is 9.57. The zero-order chi connectivity index (χ0) is 22.7. The molecule has 0 radical (unpaired) electrons. The summed E-state index contributed by atoms with van der Waals surface area (Å²) in [5, 5.41) is 4.10. The first-order valence-electron chi connectivity index (χ1n) is 11.5. The second-order valence-corrected chi connectivity index (χ2v) is 8.36. The van der Waals surface area contributed by atoms with Crippen molar-refractivity contribution in [1.29, 1.82) is 0 Å². The van der Waals surface area contributed by atoms with E-state index in [2.05, 4.69) is 35.1 Å². The minimum absolute atomic E-state index is 0.0440. The summed E-state index contributed by atoms with van der Waals surface area (Å²) in [6.45, 7) is 9.96. The van der Waals surface area contributed by atoms with Gasteiger partial charge in [0.15, 0.2) is 0 Å². The first-order valence-corrected chi connectivity index (χ1v) is 11.5. The molecule has 0 saturated heterocycles. The maximum atomic E-state index is 13.3. The zero-order valence-electron chi connectivity index (χ0n) is 19.1. The number of rotatable bonds is 9. The summed E-state index contributed by atoms with van der Waals surface area (Å²) in [6.07, 6.45) is 0.895. The quantitative estimate of drug-likeness (QED) is 0.505. The summed E-state index contributed by atoms with van der Waals surface area (Å²) in [5.41, 5.74) is 4.76. The molecule has 0 bridgehead atoms. The maximum Gasteiger partial charge on any atom is 0.255 e. The molecule has 6 nitrogen and oxygen atoms in total. The predicted octanol–water partition coefficient (Wildman–Crippen LogP) is 3.87. The largest absolute Gasteiger partial charge is 0.358 e. The number of carbonyl (C=O) groups excluding carboxylic acids is 2. The molecule has 4 rings (SSSR count). The van der Waals surface area contributed by atoms with Crippen molar-refractivity contribution in [1.82, 2.24) is 20.1 Å². The Bertz CT molecular complexity index is 1120. The molecule has 0 unspecified atom stereocenters. The highest BCUT2D eigenvalue weighted by Crippen LogP contribution is 2.42. The lowest BCUT2D eigenvalue weighted by Crippen LogP contribution is -2.40. The van der Waals surface area contributed by atoms with Gasteiger partial charge in [-0.3, -0.25) is 9.59 Å². The van der Waals surface area contributed by atoms with Gasteiger partial charge in [-0.2, -0.15) is 0 Å². The van der Waals surface area contributed by atoms with Gasteiger partial charge in [-0.1, -0.05) is 50.2 Å². The molecule has 2 heterocycles. The van der Waals surface area contributed by atoms with E-state index >= 15 is 0 Å². The molecule has 0 fully saturated rings. The van der Waals surface area contributed by atoms with Crippen molar-refractivity contribution in [2.24, 2.45) is 0 Å². The fourth-order valence-electron chi connectivity index (χ4n) is 4.78. The fourth-order valence-corrected chi connectivity index (χ4v) is 4.78. The molecule has 6 heteroatoms. The van der Waals surface area contributed by atoms with Crippen LogP contribution in [0.1, 0.15) is 53.5 Å². The molecule has 1 aliphatic rings. The molecule has 0 spiro atoms. The molecule has 3 aromatic rings. The molecular formula is C26H32N4O2. The monoisotopic (exact) mass is 432 g/mol. The highest BCUT2D eigenvalue weighted by Gasteiger charge is 2.40. The number of aryl methyl sites for hydroxylation is 1. The van der Waals surface area contributed by atoms with Gasteiger partial charge in [-0.25, -0.2) is 0 Å². The summed E-state index contributed by atoms with van der Waals surface area (Å²) in [4.78, 5) is 33.6. The topological polar surface area (TPSA) is 68.4 Å². The van der Waals surface area contributed by atoms with E-state index in [1.165, 1.54) is 0 Å². The fraction of sp³-hybridized carbons (Fsp3) is 0.385. The van der Waals surface area contributed by atoms with E-state index in [9.17, 15) is 9.59 Å². The second-order valence-electron chi connectivity index (χ2n) is 8.36. The van der Waals surface area contributed by atoms with Crippen LogP contribution in [-0.4, -0.2) is 59.3 Å². The summed E-state index contributed by atoms with van der Waals surface area (Å²) in [7, 11) is 0. The molecule has 0 aliphatic carbocycles. The van der Waals surface area contributed by atoms with Crippen molar-refractivity contribution in [3.8, 4) is 0 Å². The SMILES string of the molecule is CCN(CC)CCCNC(=O)CN1C(=O)c2ccccc2[C@@H]1c1c(C)[nH]c2ccccc12. The van der Waals surface area contributed by atoms with Crippen LogP contribution in [0.25, 0.3) is 10.9 Å². The molecule has 1 aliphatic heterocycles. The van der Waals surface area contributed by atoms with Gasteiger partial charge in [0.25, 0.3) is 5.91 Å². The average molecular weight is 433 g/mol. The van der Waals surface area contributed by atoms with Gasteiger partial charge in [0.05, 0.1) is 6.04 Å². The Kier molecular flexibility index (Phi) is 6.61. The third-order valence-electron chi connectivity index (χ3n) is 6.46. The molecule has 168 valence electrons. The number of H-pyrrole nitrogens is 1. The van der Waals surface area contributed by atoms with Crippen molar-refractivity contribution in [2.45, 2.75) is 33.2 Å². The number of nitrogens with zero attached hydrogens (tertiary/aromatic N) is 2. The third-order valence-corrected chi connectivity index (χ3v) is 6.46. The zero-order valence-corrected chi connectivity index (χ0v) is 19.1. The average Bonchev–Trinajstić information content (AvgIpc) is 3.27. The summed E-state index contributed by atoms with van der Waals surface area (Å²) >= 11 is 0. The number of aromatic nitrogens is 1. The normalized spacial score (nSPS) is 15.6. The van der Waals surface area contributed by atoms with Crippen molar-refractivity contribution in [3.63, 3.8) is 0 Å². The third kappa shape index (κ3) is 4.15. The molecule has 2 aromatic carbocycles. The molecule has 1 atom stereocenters. The maximum absolute atomic E-state index is 13.3. The number of para-hydroxylation sites is 1. The Balaban J connectivity index is 1.56. The van der Waals surface area contributed by atoms with Crippen molar-refractivity contribution in [2.75, 3.05) is 32.7 Å². The lowest BCUT2D eigenvalue weighted by Gasteiger charge is -2.26. The van der Waals surface area contributed by atoms with Crippen LogP contribution < -0.4 is 5.32 Å². The van der Waals surface area contributed by atoms with Gasteiger partial charge in [0.2, 0.25) is 5.91 Å². The Hall–Kier alpha value is -3.12. The summed E-state index contributed by atoms with van der Waals surface area (Å²) in [6, 6.07) is 15.5. The van der Waals surface area contributed by atoms with Crippen LogP contribution in [0.4, 0.5) is 0 Å². The Morgan fingerprint density at radius 3 is 2.59 bits per heavy atom. The Morgan fingerprint density at radius 2 is 1.81 bits per heavy atom. The van der Waals surface area contributed by atoms with Crippen LogP contribution in [0.3, 0.4) is 0 Å². The minimum Gasteiger partial charge on any atom is -0.358 e. The Labute approximate surface area is 189 Å². The summed E-state index contributed by atoms with van der Waals surface area (Å²) < 4.78 is 0. The van der Waals surface area contributed by atoms with E-state index in [1.54, 1.807) is 4.90 Å². The van der Waals surface area contributed by atoms with E-state index in [0.29, 0.717) is 12.1 Å². The molecule has 0 saturated carbocycles. The number of amides is 2. The van der Waals surface area contributed by atoms with Crippen molar-refractivity contribution < 1.29 is 9.59 Å². The highest BCUT2D eigenvalue weighted by atomic mass is 16.2. The van der Waals surface area contributed by atoms with E-state index in [4.69, 9.17) is 0 Å². The van der Waals surface area contributed by atoms with Crippen LogP contribution in [0, 0.1) is 6.92 Å². The number of benzene rings is 2. The van der Waals surface area contributed by atoms with Gasteiger partial charge in [0.1, 0.15) is 6.54 Å². The van der Waals surface area contributed by atoms with E-state index in [-0.39, 0.29) is 24.4 Å². The van der Waals surface area contributed by atoms with Gasteiger partial charge in [-0.15, -0.1) is 0 Å². The number of aromatic amines is 1.